The second-order valence-corrected chi connectivity index (χ2v) is 8.43. The fourth-order valence-corrected chi connectivity index (χ4v) is 4.21. The molecule has 0 aromatic heterocycles. The van der Waals surface area contributed by atoms with Gasteiger partial charge in [-0.05, 0) is 68.9 Å². The van der Waals surface area contributed by atoms with Crippen molar-refractivity contribution in [3.05, 3.63) is 71.3 Å². The number of rotatable bonds is 9. The summed E-state index contributed by atoms with van der Waals surface area (Å²) in [5.41, 5.74) is 3.98. The second-order valence-electron chi connectivity index (χ2n) is 8.43. The van der Waals surface area contributed by atoms with Gasteiger partial charge in [-0.1, -0.05) is 54.6 Å². The molecule has 2 aromatic rings. The lowest BCUT2D eigenvalue weighted by molar-refractivity contribution is -0.122. The van der Waals surface area contributed by atoms with Crippen molar-refractivity contribution in [2.24, 2.45) is 5.92 Å². The maximum absolute atomic E-state index is 12.3. The number of amides is 1. The van der Waals surface area contributed by atoms with Crippen LogP contribution in [0.5, 0.6) is 0 Å². The Hall–Kier alpha value is -2.17. The molecule has 2 aromatic carbocycles. The molecule has 1 N–H and O–H groups in total. The highest BCUT2D eigenvalue weighted by atomic mass is 16.2. The molecule has 0 spiro atoms. The van der Waals surface area contributed by atoms with Crippen LogP contribution in [0.15, 0.2) is 54.6 Å². The number of hydrogen-bond donors (Lipinski definition) is 1. The zero-order valence-corrected chi connectivity index (χ0v) is 17.9. The molecule has 29 heavy (non-hydrogen) atoms. The molecule has 1 fully saturated rings. The largest absolute Gasteiger partial charge is 0.355 e. The average molecular weight is 394 g/mol. The molecule has 156 valence electrons. The Labute approximate surface area is 175 Å². The van der Waals surface area contributed by atoms with Crippen LogP contribution in [0.2, 0.25) is 0 Å². The Bertz CT molecular complexity index is 754. The standard InChI is InChI=1S/C25H35N3O/c1-21-8-6-7-11-24(21)12-15-26-25(29)20-28-16-13-23(14-17-28)19-27(2)18-22-9-4-3-5-10-22/h3-11,23H,12-20H2,1-2H3,(H,26,29). The van der Waals surface area contributed by atoms with Gasteiger partial charge in [-0.3, -0.25) is 9.69 Å². The van der Waals surface area contributed by atoms with Gasteiger partial charge in [-0.2, -0.15) is 0 Å². The summed E-state index contributed by atoms with van der Waals surface area (Å²) in [5.74, 6) is 0.877. The summed E-state index contributed by atoms with van der Waals surface area (Å²) < 4.78 is 0. The summed E-state index contributed by atoms with van der Waals surface area (Å²) in [6.45, 7) is 7.54. The predicted molar refractivity (Wildman–Crippen MR) is 120 cm³/mol. The Kier molecular flexibility index (Phi) is 8.26. The maximum atomic E-state index is 12.3. The van der Waals surface area contributed by atoms with Gasteiger partial charge < -0.3 is 10.2 Å². The van der Waals surface area contributed by atoms with Gasteiger partial charge in [0.25, 0.3) is 0 Å². The van der Waals surface area contributed by atoms with Crippen LogP contribution in [-0.4, -0.2) is 55.5 Å². The van der Waals surface area contributed by atoms with Crippen LogP contribution in [0.1, 0.15) is 29.5 Å². The molecular formula is C25H35N3O. The summed E-state index contributed by atoms with van der Waals surface area (Å²) >= 11 is 0. The van der Waals surface area contributed by atoms with Crippen molar-refractivity contribution in [2.45, 2.75) is 32.7 Å². The van der Waals surface area contributed by atoms with Gasteiger partial charge in [0, 0.05) is 19.6 Å². The van der Waals surface area contributed by atoms with E-state index in [-0.39, 0.29) is 5.91 Å². The van der Waals surface area contributed by atoms with Gasteiger partial charge in [-0.25, -0.2) is 0 Å². The molecule has 1 saturated heterocycles. The molecule has 1 aliphatic rings. The van der Waals surface area contributed by atoms with Crippen molar-refractivity contribution < 1.29 is 4.79 Å². The fourth-order valence-electron chi connectivity index (χ4n) is 4.21. The quantitative estimate of drug-likeness (QED) is 0.708. The first-order valence-corrected chi connectivity index (χ1v) is 10.9. The molecule has 4 nitrogen and oxygen atoms in total. The topological polar surface area (TPSA) is 35.6 Å². The molecule has 0 bridgehead atoms. The van der Waals surface area contributed by atoms with E-state index in [0.29, 0.717) is 13.1 Å². The minimum Gasteiger partial charge on any atom is -0.355 e. The number of likely N-dealkylation sites (tertiary alicyclic amines) is 1. The van der Waals surface area contributed by atoms with Crippen LogP contribution in [0.3, 0.4) is 0 Å². The van der Waals surface area contributed by atoms with Crippen LogP contribution in [0.4, 0.5) is 0 Å². The van der Waals surface area contributed by atoms with Crippen LogP contribution in [-0.2, 0) is 17.8 Å². The van der Waals surface area contributed by atoms with E-state index >= 15 is 0 Å². The minimum absolute atomic E-state index is 0.151. The van der Waals surface area contributed by atoms with E-state index in [1.807, 2.05) is 0 Å². The smallest absolute Gasteiger partial charge is 0.234 e. The van der Waals surface area contributed by atoms with Gasteiger partial charge in [0.15, 0.2) is 0 Å². The Morgan fingerprint density at radius 2 is 1.76 bits per heavy atom. The van der Waals surface area contributed by atoms with E-state index in [2.05, 4.69) is 83.7 Å². The molecule has 1 aliphatic heterocycles. The van der Waals surface area contributed by atoms with Crippen molar-refractivity contribution in [3.63, 3.8) is 0 Å². The zero-order chi connectivity index (χ0) is 20.5. The van der Waals surface area contributed by atoms with Crippen LogP contribution in [0.25, 0.3) is 0 Å². The zero-order valence-electron chi connectivity index (χ0n) is 17.9. The van der Waals surface area contributed by atoms with Crippen molar-refractivity contribution in [1.29, 1.82) is 0 Å². The molecule has 4 heteroatoms. The van der Waals surface area contributed by atoms with E-state index < -0.39 is 0 Å². The van der Waals surface area contributed by atoms with Gasteiger partial charge in [-0.15, -0.1) is 0 Å². The number of benzene rings is 2. The van der Waals surface area contributed by atoms with Gasteiger partial charge in [0.05, 0.1) is 6.54 Å². The van der Waals surface area contributed by atoms with E-state index in [9.17, 15) is 4.79 Å². The van der Waals surface area contributed by atoms with Crippen LogP contribution in [0, 0.1) is 12.8 Å². The molecule has 1 heterocycles. The molecular weight excluding hydrogens is 358 g/mol. The maximum Gasteiger partial charge on any atom is 0.234 e. The second kappa shape index (κ2) is 11.1. The van der Waals surface area contributed by atoms with Gasteiger partial charge in [0.2, 0.25) is 5.91 Å². The average Bonchev–Trinajstić information content (AvgIpc) is 2.71. The summed E-state index contributed by atoms with van der Waals surface area (Å²) in [6, 6.07) is 19.0. The number of hydrogen-bond acceptors (Lipinski definition) is 3. The van der Waals surface area contributed by atoms with Gasteiger partial charge >= 0.3 is 0 Å². The van der Waals surface area contributed by atoms with E-state index in [1.54, 1.807) is 0 Å². The summed E-state index contributed by atoms with van der Waals surface area (Å²) in [6.07, 6.45) is 3.25. The number of carbonyl (C=O) groups is 1. The van der Waals surface area contributed by atoms with E-state index in [1.165, 1.54) is 29.5 Å². The SMILES string of the molecule is Cc1ccccc1CCNC(=O)CN1CCC(CN(C)Cc2ccccc2)CC1. The third kappa shape index (κ3) is 7.30. The third-order valence-electron chi connectivity index (χ3n) is 5.92. The predicted octanol–water partition coefficient (Wildman–Crippen LogP) is 3.50. The highest BCUT2D eigenvalue weighted by Gasteiger charge is 2.21. The Morgan fingerprint density at radius 1 is 1.07 bits per heavy atom. The number of carbonyl (C=O) groups excluding carboxylic acids is 1. The first-order valence-electron chi connectivity index (χ1n) is 10.9. The number of nitrogens with zero attached hydrogens (tertiary/aromatic N) is 2. The van der Waals surface area contributed by atoms with Crippen LogP contribution >= 0.6 is 0 Å². The number of nitrogens with one attached hydrogen (secondary N) is 1. The molecule has 0 unspecified atom stereocenters. The lowest BCUT2D eigenvalue weighted by Gasteiger charge is -2.33. The summed E-state index contributed by atoms with van der Waals surface area (Å²) in [4.78, 5) is 17.0. The lowest BCUT2D eigenvalue weighted by atomic mass is 9.96. The summed E-state index contributed by atoms with van der Waals surface area (Å²) in [7, 11) is 2.21. The van der Waals surface area contributed by atoms with E-state index in [4.69, 9.17) is 0 Å². The van der Waals surface area contributed by atoms with Crippen molar-refractivity contribution in [2.75, 3.05) is 39.8 Å². The highest BCUT2D eigenvalue weighted by molar-refractivity contribution is 5.78. The molecule has 0 radical (unpaired) electrons. The van der Waals surface area contributed by atoms with Gasteiger partial charge in [0.1, 0.15) is 0 Å². The van der Waals surface area contributed by atoms with Crippen LogP contribution < -0.4 is 5.32 Å². The Balaban J connectivity index is 1.31. The van der Waals surface area contributed by atoms with Crippen molar-refractivity contribution >= 4 is 5.91 Å². The highest BCUT2D eigenvalue weighted by Crippen LogP contribution is 2.18. The van der Waals surface area contributed by atoms with Crippen molar-refractivity contribution in [1.82, 2.24) is 15.1 Å². The lowest BCUT2D eigenvalue weighted by Crippen LogP contribution is -2.43. The first-order chi connectivity index (χ1) is 14.1. The number of piperidine rings is 1. The normalized spacial score (nSPS) is 15.6. The minimum atomic E-state index is 0.151. The number of aryl methyl sites for hydroxylation is 1. The molecule has 0 saturated carbocycles. The van der Waals surface area contributed by atoms with E-state index in [0.717, 1.165) is 38.5 Å². The third-order valence-corrected chi connectivity index (χ3v) is 5.92. The molecule has 3 rings (SSSR count). The summed E-state index contributed by atoms with van der Waals surface area (Å²) in [5, 5.41) is 3.09. The first kappa shape index (κ1) is 21.5. The Morgan fingerprint density at radius 3 is 2.48 bits per heavy atom. The van der Waals surface area contributed by atoms with Crippen molar-refractivity contribution in [3.8, 4) is 0 Å². The fraction of sp³-hybridized carbons (Fsp3) is 0.480. The monoisotopic (exact) mass is 393 g/mol. The molecule has 0 atom stereocenters. The molecule has 0 aliphatic carbocycles. The molecule has 1 amide bonds.